The van der Waals surface area contributed by atoms with Crippen LogP contribution in [-0.4, -0.2) is 31.5 Å². The molecule has 0 aromatic heterocycles. The van der Waals surface area contributed by atoms with Gasteiger partial charge in [0, 0.05) is 11.6 Å². The average Bonchev–Trinajstić information content (AvgIpc) is 2.50. The van der Waals surface area contributed by atoms with Gasteiger partial charge in [-0.3, -0.25) is 9.69 Å². The normalized spacial score (nSPS) is 10.8. The van der Waals surface area contributed by atoms with Crippen molar-refractivity contribution in [2.45, 2.75) is 20.4 Å². The topological polar surface area (TPSA) is 41.6 Å². The fourth-order valence-corrected chi connectivity index (χ4v) is 2.75. The van der Waals surface area contributed by atoms with Gasteiger partial charge in [-0.15, -0.1) is 0 Å². The van der Waals surface area contributed by atoms with Gasteiger partial charge in [0.05, 0.1) is 19.3 Å². The maximum atomic E-state index is 12.3. The Morgan fingerprint density at radius 3 is 2.62 bits per heavy atom. The highest BCUT2D eigenvalue weighted by Gasteiger charge is 2.12. The minimum absolute atomic E-state index is 0.108. The van der Waals surface area contributed by atoms with E-state index in [9.17, 15) is 4.79 Å². The second kappa shape index (κ2) is 8.18. The molecule has 128 valence electrons. The second-order valence-corrected chi connectivity index (χ2v) is 6.43. The van der Waals surface area contributed by atoms with Gasteiger partial charge in [0.1, 0.15) is 5.75 Å². The summed E-state index contributed by atoms with van der Waals surface area (Å²) < 4.78 is 5.24. The summed E-state index contributed by atoms with van der Waals surface area (Å²) in [5.41, 5.74) is 4.27. The summed E-state index contributed by atoms with van der Waals surface area (Å²) in [4.78, 5) is 14.3. The molecule has 0 atom stereocenters. The molecule has 0 unspecified atom stereocenters. The first-order valence-electron chi connectivity index (χ1n) is 7.77. The zero-order chi connectivity index (χ0) is 17.7. The average molecular weight is 347 g/mol. The van der Waals surface area contributed by atoms with E-state index in [2.05, 4.69) is 37.4 Å². The highest BCUT2D eigenvalue weighted by molar-refractivity contribution is 6.31. The summed E-state index contributed by atoms with van der Waals surface area (Å²) in [6.07, 6.45) is 0. The number of methoxy groups -OCH3 is 1. The molecule has 0 aliphatic rings. The zero-order valence-corrected chi connectivity index (χ0v) is 15.3. The summed E-state index contributed by atoms with van der Waals surface area (Å²) in [7, 11) is 3.49. The molecule has 1 N–H and O–H groups in total. The Morgan fingerprint density at radius 2 is 1.96 bits per heavy atom. The van der Waals surface area contributed by atoms with Crippen LogP contribution in [0.3, 0.4) is 0 Å². The molecule has 0 aliphatic carbocycles. The van der Waals surface area contributed by atoms with Crippen LogP contribution < -0.4 is 10.1 Å². The van der Waals surface area contributed by atoms with E-state index in [0.29, 0.717) is 23.0 Å². The summed E-state index contributed by atoms with van der Waals surface area (Å²) in [6.45, 7) is 5.16. The highest BCUT2D eigenvalue weighted by Crippen LogP contribution is 2.27. The molecule has 1 amide bonds. The van der Waals surface area contributed by atoms with Crippen LogP contribution in [0.5, 0.6) is 5.75 Å². The molecular formula is C19H23ClN2O2. The van der Waals surface area contributed by atoms with Crippen molar-refractivity contribution in [2.75, 3.05) is 26.0 Å². The van der Waals surface area contributed by atoms with Gasteiger partial charge in [0.15, 0.2) is 0 Å². The number of ether oxygens (including phenoxy) is 1. The molecule has 24 heavy (non-hydrogen) atoms. The highest BCUT2D eigenvalue weighted by atomic mass is 35.5. The quantitative estimate of drug-likeness (QED) is 0.858. The van der Waals surface area contributed by atoms with E-state index in [1.165, 1.54) is 16.7 Å². The predicted octanol–water partition coefficient (Wildman–Crippen LogP) is 4.04. The van der Waals surface area contributed by atoms with Crippen LogP contribution in [0.1, 0.15) is 16.7 Å². The number of rotatable bonds is 6. The van der Waals surface area contributed by atoms with Gasteiger partial charge in [-0.2, -0.15) is 0 Å². The summed E-state index contributed by atoms with van der Waals surface area (Å²) in [6, 6.07) is 11.5. The number of hydrogen-bond acceptors (Lipinski definition) is 3. The van der Waals surface area contributed by atoms with Crippen LogP contribution in [0.25, 0.3) is 0 Å². The van der Waals surface area contributed by atoms with Crippen LogP contribution in [0.15, 0.2) is 36.4 Å². The molecule has 2 aromatic carbocycles. The van der Waals surface area contributed by atoms with Gasteiger partial charge in [0.2, 0.25) is 5.91 Å². The first kappa shape index (κ1) is 18.3. The van der Waals surface area contributed by atoms with Crippen LogP contribution in [0.4, 0.5) is 5.69 Å². The number of nitrogens with one attached hydrogen (secondary N) is 1. The number of halogens is 1. The van der Waals surface area contributed by atoms with E-state index in [-0.39, 0.29) is 12.5 Å². The molecule has 0 saturated carbocycles. The van der Waals surface area contributed by atoms with E-state index in [1.807, 2.05) is 11.9 Å². The summed E-state index contributed by atoms with van der Waals surface area (Å²) in [5.74, 6) is 0.479. The Kier molecular flexibility index (Phi) is 6.23. The first-order chi connectivity index (χ1) is 11.4. The maximum absolute atomic E-state index is 12.3. The lowest BCUT2D eigenvalue weighted by molar-refractivity contribution is -0.117. The van der Waals surface area contributed by atoms with Crippen molar-refractivity contribution in [3.8, 4) is 5.75 Å². The third-order valence-electron chi connectivity index (χ3n) is 3.79. The SMILES string of the molecule is COc1ccc(Cl)cc1NC(=O)CN(C)Cc1ccc(C)cc1C. The summed E-state index contributed by atoms with van der Waals surface area (Å²) >= 11 is 5.98. The minimum atomic E-state index is -0.108. The number of anilines is 1. The number of benzene rings is 2. The monoisotopic (exact) mass is 346 g/mol. The Hall–Kier alpha value is -2.04. The van der Waals surface area contributed by atoms with Gasteiger partial charge < -0.3 is 10.1 Å². The molecule has 5 heteroatoms. The van der Waals surface area contributed by atoms with Crippen molar-refractivity contribution in [2.24, 2.45) is 0 Å². The Labute approximate surface area is 148 Å². The fraction of sp³-hybridized carbons (Fsp3) is 0.316. The Bertz CT molecular complexity index is 731. The number of carbonyl (C=O) groups is 1. The van der Waals surface area contributed by atoms with Crippen molar-refractivity contribution in [3.05, 3.63) is 58.1 Å². The van der Waals surface area contributed by atoms with Gasteiger partial charge in [-0.1, -0.05) is 35.4 Å². The third-order valence-corrected chi connectivity index (χ3v) is 4.02. The van der Waals surface area contributed by atoms with E-state index < -0.39 is 0 Å². The molecule has 0 spiro atoms. The minimum Gasteiger partial charge on any atom is -0.495 e. The van der Waals surface area contributed by atoms with Gasteiger partial charge in [-0.25, -0.2) is 0 Å². The molecule has 0 bridgehead atoms. The fourth-order valence-electron chi connectivity index (χ4n) is 2.58. The Balaban J connectivity index is 1.98. The molecule has 2 aromatic rings. The van der Waals surface area contributed by atoms with Crippen molar-refractivity contribution < 1.29 is 9.53 Å². The zero-order valence-electron chi connectivity index (χ0n) is 14.5. The molecule has 0 heterocycles. The number of amides is 1. The van der Waals surface area contributed by atoms with Gasteiger partial charge >= 0.3 is 0 Å². The smallest absolute Gasteiger partial charge is 0.238 e. The Morgan fingerprint density at radius 1 is 1.21 bits per heavy atom. The largest absolute Gasteiger partial charge is 0.495 e. The second-order valence-electron chi connectivity index (χ2n) is 6.00. The number of hydrogen-bond donors (Lipinski definition) is 1. The van der Waals surface area contributed by atoms with Gasteiger partial charge in [-0.05, 0) is 50.2 Å². The standard InChI is InChI=1S/C19H23ClN2O2/c1-13-5-6-15(14(2)9-13)11-22(3)12-19(23)21-17-10-16(20)7-8-18(17)24-4/h5-10H,11-12H2,1-4H3,(H,21,23). The van der Waals surface area contributed by atoms with Crippen LogP contribution in [0, 0.1) is 13.8 Å². The first-order valence-corrected chi connectivity index (χ1v) is 8.15. The third kappa shape index (κ3) is 4.98. The van der Waals surface area contributed by atoms with Crippen molar-refractivity contribution in [1.82, 2.24) is 4.90 Å². The molecule has 4 nitrogen and oxygen atoms in total. The number of likely N-dealkylation sites (N-methyl/N-ethyl adjacent to an activating group) is 1. The van der Waals surface area contributed by atoms with Gasteiger partial charge in [0.25, 0.3) is 0 Å². The van der Waals surface area contributed by atoms with Crippen LogP contribution in [0.2, 0.25) is 5.02 Å². The molecule has 0 aliphatic heterocycles. The van der Waals surface area contributed by atoms with E-state index in [1.54, 1.807) is 25.3 Å². The van der Waals surface area contributed by atoms with Crippen molar-refractivity contribution in [3.63, 3.8) is 0 Å². The lowest BCUT2D eigenvalue weighted by Crippen LogP contribution is -2.30. The number of nitrogens with zero attached hydrogens (tertiary/aromatic N) is 1. The lowest BCUT2D eigenvalue weighted by atomic mass is 10.1. The van der Waals surface area contributed by atoms with E-state index >= 15 is 0 Å². The number of carbonyl (C=O) groups excluding carboxylic acids is 1. The van der Waals surface area contributed by atoms with Crippen molar-refractivity contribution >= 4 is 23.2 Å². The summed E-state index contributed by atoms with van der Waals surface area (Å²) in [5, 5.41) is 3.40. The van der Waals surface area contributed by atoms with Crippen molar-refractivity contribution in [1.29, 1.82) is 0 Å². The van der Waals surface area contributed by atoms with E-state index in [0.717, 1.165) is 0 Å². The van der Waals surface area contributed by atoms with Crippen LogP contribution >= 0.6 is 11.6 Å². The molecule has 2 rings (SSSR count). The maximum Gasteiger partial charge on any atom is 0.238 e. The predicted molar refractivity (Wildman–Crippen MR) is 98.9 cm³/mol. The van der Waals surface area contributed by atoms with E-state index in [4.69, 9.17) is 16.3 Å². The number of aryl methyl sites for hydroxylation is 2. The van der Waals surface area contributed by atoms with Crippen LogP contribution in [-0.2, 0) is 11.3 Å². The molecular weight excluding hydrogens is 324 g/mol. The molecule has 0 saturated heterocycles. The lowest BCUT2D eigenvalue weighted by Gasteiger charge is -2.18. The molecule has 0 radical (unpaired) electrons. The molecule has 0 fully saturated rings.